The van der Waals surface area contributed by atoms with Gasteiger partial charge in [-0.15, -0.1) is 0 Å². The SMILES string of the molecule is COc1ccc(C(=O)NCCN(Cc2ccco2)C(C)=O)cc1. The molecule has 1 N–H and O–H groups in total. The molecule has 0 atom stereocenters. The summed E-state index contributed by atoms with van der Waals surface area (Å²) in [6, 6.07) is 10.4. The van der Waals surface area contributed by atoms with E-state index in [0.717, 1.165) is 0 Å². The van der Waals surface area contributed by atoms with Gasteiger partial charge in [-0.1, -0.05) is 0 Å². The molecule has 0 aliphatic heterocycles. The summed E-state index contributed by atoms with van der Waals surface area (Å²) in [4.78, 5) is 25.3. The van der Waals surface area contributed by atoms with Gasteiger partial charge in [0.05, 0.1) is 19.9 Å². The highest BCUT2D eigenvalue weighted by molar-refractivity contribution is 5.94. The van der Waals surface area contributed by atoms with Crippen LogP contribution >= 0.6 is 0 Å². The minimum Gasteiger partial charge on any atom is -0.497 e. The molecule has 2 aromatic rings. The predicted molar refractivity (Wildman–Crippen MR) is 85.1 cm³/mol. The van der Waals surface area contributed by atoms with E-state index in [0.29, 0.717) is 36.7 Å². The Morgan fingerprint density at radius 1 is 1.22 bits per heavy atom. The van der Waals surface area contributed by atoms with Gasteiger partial charge >= 0.3 is 0 Å². The summed E-state index contributed by atoms with van der Waals surface area (Å²) in [7, 11) is 1.57. The van der Waals surface area contributed by atoms with Crippen molar-refractivity contribution in [2.24, 2.45) is 0 Å². The van der Waals surface area contributed by atoms with E-state index in [-0.39, 0.29) is 11.8 Å². The first kappa shape index (κ1) is 16.6. The number of nitrogens with zero attached hydrogens (tertiary/aromatic N) is 1. The number of carbonyl (C=O) groups is 2. The van der Waals surface area contributed by atoms with Crippen molar-refractivity contribution in [3.05, 3.63) is 54.0 Å². The first-order valence-corrected chi connectivity index (χ1v) is 7.30. The molecule has 2 rings (SSSR count). The summed E-state index contributed by atoms with van der Waals surface area (Å²) in [6.45, 7) is 2.66. The van der Waals surface area contributed by atoms with Crippen LogP contribution in [0.15, 0.2) is 47.1 Å². The van der Waals surface area contributed by atoms with Gasteiger partial charge in [-0.3, -0.25) is 9.59 Å². The fourth-order valence-electron chi connectivity index (χ4n) is 2.09. The van der Waals surface area contributed by atoms with Crippen molar-refractivity contribution in [2.45, 2.75) is 13.5 Å². The van der Waals surface area contributed by atoms with E-state index in [1.165, 1.54) is 6.92 Å². The smallest absolute Gasteiger partial charge is 0.251 e. The van der Waals surface area contributed by atoms with Crippen LogP contribution in [0.3, 0.4) is 0 Å². The average molecular weight is 316 g/mol. The Hall–Kier alpha value is -2.76. The Bertz CT molecular complexity index is 635. The minimum absolute atomic E-state index is 0.0694. The third kappa shape index (κ3) is 4.88. The maximum absolute atomic E-state index is 12.0. The molecular formula is C17H20N2O4. The number of nitrogens with one attached hydrogen (secondary N) is 1. The van der Waals surface area contributed by atoms with Crippen molar-refractivity contribution in [1.29, 1.82) is 0 Å². The van der Waals surface area contributed by atoms with Crippen LogP contribution in [0.5, 0.6) is 5.75 Å². The van der Waals surface area contributed by atoms with Crippen LogP contribution in [0.25, 0.3) is 0 Å². The molecule has 2 amide bonds. The highest BCUT2D eigenvalue weighted by Crippen LogP contribution is 2.11. The van der Waals surface area contributed by atoms with E-state index in [2.05, 4.69) is 5.32 Å². The number of methoxy groups -OCH3 is 1. The van der Waals surface area contributed by atoms with E-state index in [4.69, 9.17) is 9.15 Å². The third-order valence-electron chi connectivity index (χ3n) is 3.39. The maximum atomic E-state index is 12.0. The molecule has 0 aliphatic rings. The zero-order chi connectivity index (χ0) is 16.7. The van der Waals surface area contributed by atoms with Gasteiger partial charge in [0.1, 0.15) is 11.5 Å². The lowest BCUT2D eigenvalue weighted by atomic mass is 10.2. The van der Waals surface area contributed by atoms with Gasteiger partial charge in [0.2, 0.25) is 5.91 Å². The van der Waals surface area contributed by atoms with Crippen LogP contribution in [-0.2, 0) is 11.3 Å². The standard InChI is InChI=1S/C17H20N2O4/c1-13(20)19(12-16-4-3-11-23-16)10-9-18-17(21)14-5-7-15(22-2)8-6-14/h3-8,11H,9-10,12H2,1-2H3,(H,18,21). The molecule has 0 aliphatic carbocycles. The van der Waals surface area contributed by atoms with Gasteiger partial charge in [-0.05, 0) is 36.4 Å². The quantitative estimate of drug-likeness (QED) is 0.849. The van der Waals surface area contributed by atoms with Crippen LogP contribution < -0.4 is 10.1 Å². The molecule has 1 aromatic carbocycles. The van der Waals surface area contributed by atoms with E-state index in [9.17, 15) is 9.59 Å². The zero-order valence-corrected chi connectivity index (χ0v) is 13.2. The number of amides is 2. The molecule has 23 heavy (non-hydrogen) atoms. The van der Waals surface area contributed by atoms with Crippen LogP contribution in [0.2, 0.25) is 0 Å². The average Bonchev–Trinajstić information content (AvgIpc) is 3.06. The Labute approximate surface area is 135 Å². The number of hydrogen-bond acceptors (Lipinski definition) is 4. The summed E-state index contributed by atoms with van der Waals surface area (Å²) in [5, 5.41) is 2.80. The zero-order valence-electron chi connectivity index (χ0n) is 13.2. The molecule has 6 nitrogen and oxygen atoms in total. The van der Waals surface area contributed by atoms with Crippen molar-refractivity contribution < 1.29 is 18.7 Å². The van der Waals surface area contributed by atoms with E-state index in [1.54, 1.807) is 48.6 Å². The second-order valence-corrected chi connectivity index (χ2v) is 5.00. The van der Waals surface area contributed by atoms with Crippen molar-refractivity contribution >= 4 is 11.8 Å². The number of ether oxygens (including phenoxy) is 1. The Kier molecular flexibility index (Phi) is 5.80. The molecule has 6 heteroatoms. The van der Waals surface area contributed by atoms with Gasteiger partial charge in [0.25, 0.3) is 5.91 Å². The maximum Gasteiger partial charge on any atom is 0.251 e. The number of furan rings is 1. The second-order valence-electron chi connectivity index (χ2n) is 5.00. The Balaban J connectivity index is 1.83. The molecule has 122 valence electrons. The minimum atomic E-state index is -0.186. The van der Waals surface area contributed by atoms with Crippen molar-refractivity contribution in [3.63, 3.8) is 0 Å². The highest BCUT2D eigenvalue weighted by atomic mass is 16.5. The van der Waals surface area contributed by atoms with Crippen LogP contribution in [-0.4, -0.2) is 36.9 Å². The summed E-state index contributed by atoms with van der Waals surface area (Å²) in [5.41, 5.74) is 0.547. The topological polar surface area (TPSA) is 71.8 Å². The number of benzene rings is 1. The van der Waals surface area contributed by atoms with Crippen LogP contribution in [0.4, 0.5) is 0 Å². The molecule has 0 fully saturated rings. The van der Waals surface area contributed by atoms with Crippen molar-refractivity contribution in [1.82, 2.24) is 10.2 Å². The summed E-state index contributed by atoms with van der Waals surface area (Å²) < 4.78 is 10.3. The lowest BCUT2D eigenvalue weighted by Crippen LogP contribution is -2.37. The van der Waals surface area contributed by atoms with Crippen LogP contribution in [0, 0.1) is 0 Å². The van der Waals surface area contributed by atoms with Gasteiger partial charge in [0.15, 0.2) is 0 Å². The lowest BCUT2D eigenvalue weighted by Gasteiger charge is -2.20. The number of carbonyl (C=O) groups excluding carboxylic acids is 2. The van der Waals surface area contributed by atoms with Gasteiger partial charge in [0, 0.05) is 25.6 Å². The predicted octanol–water partition coefficient (Wildman–Crippen LogP) is 2.07. The summed E-state index contributed by atoms with van der Waals surface area (Å²) in [5.74, 6) is 1.15. The van der Waals surface area contributed by atoms with Gasteiger partial charge < -0.3 is 19.4 Å². The Morgan fingerprint density at radius 3 is 2.52 bits per heavy atom. The van der Waals surface area contributed by atoms with Crippen molar-refractivity contribution in [2.75, 3.05) is 20.2 Å². The molecule has 1 heterocycles. The van der Waals surface area contributed by atoms with E-state index < -0.39 is 0 Å². The number of hydrogen-bond donors (Lipinski definition) is 1. The van der Waals surface area contributed by atoms with E-state index >= 15 is 0 Å². The molecule has 0 radical (unpaired) electrons. The lowest BCUT2D eigenvalue weighted by molar-refractivity contribution is -0.129. The Morgan fingerprint density at radius 2 is 1.96 bits per heavy atom. The van der Waals surface area contributed by atoms with Gasteiger partial charge in [-0.2, -0.15) is 0 Å². The fraction of sp³-hybridized carbons (Fsp3) is 0.294. The fourth-order valence-corrected chi connectivity index (χ4v) is 2.09. The first-order chi connectivity index (χ1) is 11.1. The molecule has 0 unspecified atom stereocenters. The molecular weight excluding hydrogens is 296 g/mol. The molecule has 1 aromatic heterocycles. The largest absolute Gasteiger partial charge is 0.497 e. The van der Waals surface area contributed by atoms with Gasteiger partial charge in [-0.25, -0.2) is 0 Å². The first-order valence-electron chi connectivity index (χ1n) is 7.30. The second kappa shape index (κ2) is 8.03. The highest BCUT2D eigenvalue weighted by Gasteiger charge is 2.12. The third-order valence-corrected chi connectivity index (χ3v) is 3.39. The molecule has 0 spiro atoms. The molecule has 0 bridgehead atoms. The normalized spacial score (nSPS) is 10.2. The van der Waals surface area contributed by atoms with Crippen LogP contribution in [0.1, 0.15) is 23.0 Å². The summed E-state index contributed by atoms with van der Waals surface area (Å²) >= 11 is 0. The summed E-state index contributed by atoms with van der Waals surface area (Å²) in [6.07, 6.45) is 1.57. The molecule has 0 saturated carbocycles. The van der Waals surface area contributed by atoms with E-state index in [1.807, 2.05) is 6.07 Å². The monoisotopic (exact) mass is 316 g/mol. The number of rotatable bonds is 7. The van der Waals surface area contributed by atoms with Crippen molar-refractivity contribution in [3.8, 4) is 5.75 Å². The molecule has 0 saturated heterocycles.